The van der Waals surface area contributed by atoms with Gasteiger partial charge in [-0.2, -0.15) is 5.10 Å². The molecule has 0 unspecified atom stereocenters. The summed E-state index contributed by atoms with van der Waals surface area (Å²) in [4.78, 5) is 17.6. The maximum atomic E-state index is 13.3. The minimum Gasteiger partial charge on any atom is -0.337 e. The van der Waals surface area contributed by atoms with Crippen LogP contribution in [0.25, 0.3) is 5.69 Å². The van der Waals surface area contributed by atoms with E-state index in [2.05, 4.69) is 40.0 Å². The van der Waals surface area contributed by atoms with Crippen molar-refractivity contribution in [3.8, 4) is 5.69 Å². The van der Waals surface area contributed by atoms with Crippen LogP contribution in [0.15, 0.2) is 28.7 Å². The monoisotopic (exact) mass is 430 g/mol. The number of fused-ring (bicyclic) bond motifs is 1. The van der Waals surface area contributed by atoms with E-state index in [0.29, 0.717) is 11.7 Å². The van der Waals surface area contributed by atoms with Crippen LogP contribution in [0.3, 0.4) is 0 Å². The molecular weight excluding hydrogens is 404 g/mol. The third-order valence-corrected chi connectivity index (χ3v) is 6.48. The summed E-state index contributed by atoms with van der Waals surface area (Å²) in [6.07, 6.45) is 6.30. The van der Waals surface area contributed by atoms with Crippen molar-refractivity contribution in [2.45, 2.75) is 44.6 Å². The van der Waals surface area contributed by atoms with Gasteiger partial charge in [-0.1, -0.05) is 22.0 Å². The molecule has 0 saturated carbocycles. The van der Waals surface area contributed by atoms with Crippen molar-refractivity contribution in [3.05, 3.63) is 45.7 Å². The Bertz CT molecular complexity index is 839. The number of carbonyl (C=O) groups excluding carboxylic acids is 1. The topological polar surface area (TPSA) is 41.4 Å². The molecule has 1 aliphatic heterocycles. The number of carbonyl (C=O) groups is 1. The fraction of sp³-hybridized carbons (Fsp3) is 0.524. The van der Waals surface area contributed by atoms with Gasteiger partial charge in [0.15, 0.2) is 5.69 Å². The van der Waals surface area contributed by atoms with Crippen LogP contribution in [-0.4, -0.2) is 58.7 Å². The molecule has 6 heteroatoms. The number of likely N-dealkylation sites (tertiary alicyclic amines) is 1. The van der Waals surface area contributed by atoms with Crippen LogP contribution >= 0.6 is 15.9 Å². The molecule has 4 rings (SSSR count). The molecule has 5 nitrogen and oxygen atoms in total. The molecule has 0 spiro atoms. The predicted octanol–water partition coefficient (Wildman–Crippen LogP) is 3.68. The molecule has 27 heavy (non-hydrogen) atoms. The average Bonchev–Trinajstić information content (AvgIpc) is 3.07. The lowest BCUT2D eigenvalue weighted by Crippen LogP contribution is -2.44. The molecule has 1 amide bonds. The standard InChI is InChI=1S/C21H27BrN4O/c1-24-12-10-16(11-13-24)25(2)21(27)20-18-8-3-4-9-19(18)26(23-20)17-7-5-6-15(22)14-17/h5-7,14,16H,3-4,8-13H2,1-2H3. The Morgan fingerprint density at radius 3 is 2.70 bits per heavy atom. The van der Waals surface area contributed by atoms with E-state index in [4.69, 9.17) is 5.10 Å². The molecule has 1 aromatic heterocycles. The minimum atomic E-state index is 0.0800. The number of piperidine rings is 1. The van der Waals surface area contributed by atoms with Crippen molar-refractivity contribution in [3.63, 3.8) is 0 Å². The molecule has 144 valence electrons. The second-order valence-corrected chi connectivity index (χ2v) is 8.74. The number of amides is 1. The lowest BCUT2D eigenvalue weighted by Gasteiger charge is -2.35. The average molecular weight is 431 g/mol. The van der Waals surface area contributed by atoms with E-state index in [0.717, 1.165) is 67.3 Å². The smallest absolute Gasteiger partial charge is 0.274 e. The largest absolute Gasteiger partial charge is 0.337 e. The zero-order valence-electron chi connectivity index (χ0n) is 16.1. The summed E-state index contributed by atoms with van der Waals surface area (Å²) >= 11 is 3.55. The Kier molecular flexibility index (Phi) is 5.37. The van der Waals surface area contributed by atoms with Crippen LogP contribution in [0.2, 0.25) is 0 Å². The molecule has 0 bridgehead atoms. The van der Waals surface area contributed by atoms with E-state index in [1.807, 2.05) is 28.8 Å². The van der Waals surface area contributed by atoms with E-state index >= 15 is 0 Å². The number of nitrogens with zero attached hydrogens (tertiary/aromatic N) is 4. The van der Waals surface area contributed by atoms with Crippen LogP contribution in [0, 0.1) is 0 Å². The van der Waals surface area contributed by atoms with Gasteiger partial charge in [-0.3, -0.25) is 4.79 Å². The molecule has 0 radical (unpaired) electrons. The van der Waals surface area contributed by atoms with Gasteiger partial charge in [0.25, 0.3) is 5.91 Å². The second-order valence-electron chi connectivity index (χ2n) is 7.82. The van der Waals surface area contributed by atoms with E-state index in [9.17, 15) is 4.79 Å². The molecule has 2 heterocycles. The third-order valence-electron chi connectivity index (χ3n) is 5.99. The first-order chi connectivity index (χ1) is 13.0. The molecule has 1 saturated heterocycles. The highest BCUT2D eigenvalue weighted by molar-refractivity contribution is 9.10. The molecule has 0 N–H and O–H groups in total. The molecule has 2 aromatic rings. The van der Waals surface area contributed by atoms with Crippen molar-refractivity contribution in [1.82, 2.24) is 19.6 Å². The van der Waals surface area contributed by atoms with Crippen LogP contribution in [-0.2, 0) is 12.8 Å². The van der Waals surface area contributed by atoms with Crippen LogP contribution in [0.4, 0.5) is 0 Å². The van der Waals surface area contributed by atoms with Gasteiger partial charge in [-0.05, 0) is 76.9 Å². The maximum Gasteiger partial charge on any atom is 0.274 e. The number of halogens is 1. The Labute approximate surface area is 169 Å². The summed E-state index contributed by atoms with van der Waals surface area (Å²) in [5.41, 5.74) is 4.04. The normalized spacial score (nSPS) is 18.3. The first kappa shape index (κ1) is 18.7. The number of hydrogen-bond donors (Lipinski definition) is 0. The summed E-state index contributed by atoms with van der Waals surface area (Å²) in [7, 11) is 4.10. The van der Waals surface area contributed by atoms with Crippen LogP contribution < -0.4 is 0 Å². The highest BCUT2D eigenvalue weighted by atomic mass is 79.9. The highest BCUT2D eigenvalue weighted by Gasteiger charge is 2.31. The maximum absolute atomic E-state index is 13.3. The SMILES string of the molecule is CN1CCC(N(C)C(=O)c2nn(-c3cccc(Br)c3)c3c2CCCC3)CC1. The molecule has 1 fully saturated rings. The number of aromatic nitrogens is 2. The van der Waals surface area contributed by atoms with E-state index in [1.54, 1.807) is 0 Å². The molecule has 1 aliphatic carbocycles. The Hall–Kier alpha value is -1.66. The summed E-state index contributed by atoms with van der Waals surface area (Å²) in [6, 6.07) is 8.46. The molecule has 1 aromatic carbocycles. The van der Waals surface area contributed by atoms with Crippen molar-refractivity contribution < 1.29 is 4.79 Å². The van der Waals surface area contributed by atoms with Gasteiger partial charge in [-0.15, -0.1) is 0 Å². The van der Waals surface area contributed by atoms with Gasteiger partial charge in [0.05, 0.1) is 5.69 Å². The lowest BCUT2D eigenvalue weighted by atomic mass is 9.94. The van der Waals surface area contributed by atoms with E-state index in [-0.39, 0.29) is 5.91 Å². The summed E-state index contributed by atoms with van der Waals surface area (Å²) in [6.45, 7) is 2.10. The molecule has 2 aliphatic rings. The van der Waals surface area contributed by atoms with Gasteiger partial charge < -0.3 is 9.80 Å². The quantitative estimate of drug-likeness (QED) is 0.745. The first-order valence-corrected chi connectivity index (χ1v) is 10.7. The van der Waals surface area contributed by atoms with Crippen molar-refractivity contribution >= 4 is 21.8 Å². The van der Waals surface area contributed by atoms with Gasteiger partial charge in [-0.25, -0.2) is 4.68 Å². The Balaban J connectivity index is 1.67. The lowest BCUT2D eigenvalue weighted by molar-refractivity contribution is 0.0652. The fourth-order valence-corrected chi connectivity index (χ4v) is 4.69. The van der Waals surface area contributed by atoms with Gasteiger partial charge >= 0.3 is 0 Å². The zero-order chi connectivity index (χ0) is 19.0. The van der Waals surface area contributed by atoms with Gasteiger partial charge in [0, 0.05) is 28.8 Å². The van der Waals surface area contributed by atoms with E-state index < -0.39 is 0 Å². The van der Waals surface area contributed by atoms with Gasteiger partial charge in [0.2, 0.25) is 0 Å². The number of benzene rings is 1. The van der Waals surface area contributed by atoms with Gasteiger partial charge in [0.1, 0.15) is 0 Å². The molecular formula is C21H27BrN4O. The van der Waals surface area contributed by atoms with Crippen LogP contribution in [0.1, 0.15) is 47.4 Å². The first-order valence-electron chi connectivity index (χ1n) is 9.87. The Morgan fingerprint density at radius 2 is 1.96 bits per heavy atom. The van der Waals surface area contributed by atoms with Crippen molar-refractivity contribution in [1.29, 1.82) is 0 Å². The predicted molar refractivity (Wildman–Crippen MR) is 111 cm³/mol. The number of rotatable bonds is 3. The minimum absolute atomic E-state index is 0.0800. The van der Waals surface area contributed by atoms with Crippen LogP contribution in [0.5, 0.6) is 0 Å². The summed E-state index contributed by atoms with van der Waals surface area (Å²) < 4.78 is 3.02. The Morgan fingerprint density at radius 1 is 1.22 bits per heavy atom. The zero-order valence-corrected chi connectivity index (χ0v) is 17.7. The molecule has 0 atom stereocenters. The fourth-order valence-electron chi connectivity index (χ4n) is 4.31. The second kappa shape index (κ2) is 7.76. The highest BCUT2D eigenvalue weighted by Crippen LogP contribution is 2.29. The number of hydrogen-bond acceptors (Lipinski definition) is 3. The van der Waals surface area contributed by atoms with Crippen molar-refractivity contribution in [2.24, 2.45) is 0 Å². The van der Waals surface area contributed by atoms with Crippen molar-refractivity contribution in [2.75, 3.05) is 27.2 Å². The summed E-state index contributed by atoms with van der Waals surface area (Å²) in [5, 5.41) is 4.83. The third kappa shape index (κ3) is 3.69. The van der Waals surface area contributed by atoms with E-state index in [1.165, 1.54) is 5.69 Å². The summed E-state index contributed by atoms with van der Waals surface area (Å²) in [5.74, 6) is 0.0800.